The van der Waals surface area contributed by atoms with Crippen molar-refractivity contribution in [1.29, 1.82) is 0 Å². The lowest BCUT2D eigenvalue weighted by molar-refractivity contribution is 0.105. The molecule has 1 N–H and O–H groups in total. The molecule has 1 aliphatic heterocycles. The monoisotopic (exact) mass is 245 g/mol. The topological polar surface area (TPSA) is 21.3 Å². The number of thioether (sulfide) groups is 1. The molecule has 0 amide bonds. The van der Waals surface area contributed by atoms with Crippen molar-refractivity contribution in [2.75, 3.05) is 31.3 Å². The number of nitrogens with one attached hydrogen (secondary N) is 1. The van der Waals surface area contributed by atoms with Crippen molar-refractivity contribution < 1.29 is 4.74 Å². The van der Waals surface area contributed by atoms with Crippen LogP contribution < -0.4 is 5.32 Å². The SMILES string of the molecule is CC(C)COCCNC1CSCCC1(C)C. The molecular formula is C13H27NOS. The molecule has 0 saturated carbocycles. The zero-order chi connectivity index (χ0) is 12.0. The minimum atomic E-state index is 0.448. The largest absolute Gasteiger partial charge is 0.380 e. The minimum Gasteiger partial charge on any atom is -0.380 e. The molecule has 1 unspecified atom stereocenters. The van der Waals surface area contributed by atoms with Crippen molar-refractivity contribution in [1.82, 2.24) is 5.32 Å². The second-order valence-corrected chi connectivity index (χ2v) is 6.94. The van der Waals surface area contributed by atoms with Crippen LogP contribution in [0.15, 0.2) is 0 Å². The third-order valence-electron chi connectivity index (χ3n) is 3.21. The van der Waals surface area contributed by atoms with Crippen LogP contribution in [0.25, 0.3) is 0 Å². The number of ether oxygens (including phenoxy) is 1. The third-order valence-corrected chi connectivity index (χ3v) is 4.27. The Kier molecular flexibility index (Phi) is 6.16. The van der Waals surface area contributed by atoms with Gasteiger partial charge in [0, 0.05) is 24.9 Å². The standard InChI is InChI=1S/C13H27NOS/c1-11(2)9-15-7-6-14-12-10-16-8-5-13(12,3)4/h11-12,14H,5-10H2,1-4H3. The molecular weight excluding hydrogens is 218 g/mol. The minimum absolute atomic E-state index is 0.448. The summed E-state index contributed by atoms with van der Waals surface area (Å²) in [6, 6.07) is 0.647. The zero-order valence-electron chi connectivity index (χ0n) is 11.2. The fraction of sp³-hybridized carbons (Fsp3) is 1.00. The van der Waals surface area contributed by atoms with E-state index in [-0.39, 0.29) is 0 Å². The summed E-state index contributed by atoms with van der Waals surface area (Å²) < 4.78 is 5.58. The molecule has 0 aromatic heterocycles. The molecule has 0 spiro atoms. The quantitative estimate of drug-likeness (QED) is 0.727. The first-order valence-electron chi connectivity index (χ1n) is 6.41. The summed E-state index contributed by atoms with van der Waals surface area (Å²) in [5.41, 5.74) is 0.448. The second kappa shape index (κ2) is 6.87. The summed E-state index contributed by atoms with van der Waals surface area (Å²) in [6.07, 6.45) is 1.32. The van der Waals surface area contributed by atoms with E-state index < -0.39 is 0 Å². The Bertz CT molecular complexity index is 194. The van der Waals surface area contributed by atoms with Crippen LogP contribution >= 0.6 is 11.8 Å². The predicted octanol–water partition coefficient (Wildman–Crippen LogP) is 2.78. The van der Waals surface area contributed by atoms with E-state index >= 15 is 0 Å². The summed E-state index contributed by atoms with van der Waals surface area (Å²) in [5.74, 6) is 3.20. The van der Waals surface area contributed by atoms with E-state index in [1.165, 1.54) is 17.9 Å². The van der Waals surface area contributed by atoms with Gasteiger partial charge in [0.2, 0.25) is 0 Å². The first-order valence-corrected chi connectivity index (χ1v) is 7.57. The van der Waals surface area contributed by atoms with Gasteiger partial charge in [0.25, 0.3) is 0 Å². The van der Waals surface area contributed by atoms with Gasteiger partial charge in [-0.05, 0) is 23.5 Å². The highest BCUT2D eigenvalue weighted by Gasteiger charge is 2.31. The Hall–Kier alpha value is 0.270. The Labute approximate surface area is 105 Å². The third kappa shape index (κ3) is 5.07. The number of hydrogen-bond acceptors (Lipinski definition) is 3. The Balaban J connectivity index is 2.11. The van der Waals surface area contributed by atoms with E-state index in [2.05, 4.69) is 44.8 Å². The van der Waals surface area contributed by atoms with Gasteiger partial charge in [-0.1, -0.05) is 27.7 Å². The molecule has 0 aromatic carbocycles. The highest BCUT2D eigenvalue weighted by Crippen LogP contribution is 2.33. The molecule has 1 aliphatic rings. The fourth-order valence-corrected chi connectivity index (χ4v) is 3.54. The highest BCUT2D eigenvalue weighted by atomic mass is 32.2. The van der Waals surface area contributed by atoms with Crippen LogP contribution in [0.2, 0.25) is 0 Å². The van der Waals surface area contributed by atoms with Crippen molar-refractivity contribution in [2.45, 2.75) is 40.2 Å². The van der Waals surface area contributed by atoms with Crippen molar-refractivity contribution >= 4 is 11.8 Å². The lowest BCUT2D eigenvalue weighted by Crippen LogP contribution is -2.47. The molecule has 1 saturated heterocycles. The van der Waals surface area contributed by atoms with E-state index in [9.17, 15) is 0 Å². The zero-order valence-corrected chi connectivity index (χ0v) is 12.0. The van der Waals surface area contributed by atoms with E-state index in [1.807, 2.05) is 0 Å². The normalized spacial score (nSPS) is 24.9. The Morgan fingerprint density at radius 2 is 2.19 bits per heavy atom. The van der Waals surface area contributed by atoms with E-state index in [0.29, 0.717) is 17.4 Å². The van der Waals surface area contributed by atoms with Gasteiger partial charge in [0.1, 0.15) is 0 Å². The molecule has 0 radical (unpaired) electrons. The van der Waals surface area contributed by atoms with Crippen molar-refractivity contribution in [3.05, 3.63) is 0 Å². The molecule has 1 rings (SSSR count). The van der Waals surface area contributed by atoms with Crippen LogP contribution in [-0.2, 0) is 4.74 Å². The van der Waals surface area contributed by atoms with E-state index in [4.69, 9.17) is 4.74 Å². The molecule has 16 heavy (non-hydrogen) atoms. The van der Waals surface area contributed by atoms with Gasteiger partial charge in [-0.3, -0.25) is 0 Å². The summed E-state index contributed by atoms with van der Waals surface area (Å²) in [5, 5.41) is 3.64. The maximum absolute atomic E-state index is 5.58. The molecule has 2 nitrogen and oxygen atoms in total. The van der Waals surface area contributed by atoms with Gasteiger partial charge < -0.3 is 10.1 Å². The van der Waals surface area contributed by atoms with Crippen molar-refractivity contribution in [2.24, 2.45) is 11.3 Å². The van der Waals surface area contributed by atoms with Crippen LogP contribution in [-0.4, -0.2) is 37.3 Å². The second-order valence-electron chi connectivity index (χ2n) is 5.79. The molecule has 0 aliphatic carbocycles. The van der Waals surface area contributed by atoms with Crippen LogP contribution in [0.4, 0.5) is 0 Å². The summed E-state index contributed by atoms with van der Waals surface area (Å²) in [7, 11) is 0. The maximum atomic E-state index is 5.58. The van der Waals surface area contributed by atoms with Gasteiger partial charge in [-0.25, -0.2) is 0 Å². The number of rotatable bonds is 6. The van der Waals surface area contributed by atoms with Crippen molar-refractivity contribution in [3.8, 4) is 0 Å². The van der Waals surface area contributed by atoms with Gasteiger partial charge in [0.05, 0.1) is 6.61 Å². The van der Waals surface area contributed by atoms with E-state index in [1.54, 1.807) is 0 Å². The highest BCUT2D eigenvalue weighted by molar-refractivity contribution is 7.99. The van der Waals surface area contributed by atoms with Crippen LogP contribution in [0.1, 0.15) is 34.1 Å². The molecule has 1 fully saturated rings. The molecule has 0 bridgehead atoms. The van der Waals surface area contributed by atoms with Gasteiger partial charge in [-0.2, -0.15) is 11.8 Å². The summed E-state index contributed by atoms with van der Waals surface area (Å²) >= 11 is 2.07. The lowest BCUT2D eigenvalue weighted by Gasteiger charge is -2.38. The molecule has 0 aromatic rings. The summed E-state index contributed by atoms with van der Waals surface area (Å²) in [4.78, 5) is 0. The van der Waals surface area contributed by atoms with Gasteiger partial charge in [0.15, 0.2) is 0 Å². The first kappa shape index (κ1) is 14.3. The van der Waals surface area contributed by atoms with Crippen molar-refractivity contribution in [3.63, 3.8) is 0 Å². The van der Waals surface area contributed by atoms with Gasteiger partial charge >= 0.3 is 0 Å². The van der Waals surface area contributed by atoms with E-state index in [0.717, 1.165) is 19.8 Å². The molecule has 1 heterocycles. The van der Waals surface area contributed by atoms with Crippen LogP contribution in [0.5, 0.6) is 0 Å². The molecule has 1 atom stereocenters. The average Bonchev–Trinajstić information content (AvgIpc) is 2.19. The number of hydrogen-bond donors (Lipinski definition) is 1. The van der Waals surface area contributed by atoms with Crippen LogP contribution in [0.3, 0.4) is 0 Å². The molecule has 96 valence electrons. The first-order chi connectivity index (χ1) is 7.52. The average molecular weight is 245 g/mol. The maximum Gasteiger partial charge on any atom is 0.0591 e. The lowest BCUT2D eigenvalue weighted by atomic mass is 9.82. The Morgan fingerprint density at radius 1 is 1.44 bits per heavy atom. The van der Waals surface area contributed by atoms with Crippen LogP contribution in [0, 0.1) is 11.3 Å². The molecule has 3 heteroatoms. The summed E-state index contributed by atoms with van der Waals surface area (Å²) in [6.45, 7) is 11.8. The fourth-order valence-electron chi connectivity index (χ4n) is 1.90. The van der Waals surface area contributed by atoms with Gasteiger partial charge in [-0.15, -0.1) is 0 Å². The predicted molar refractivity (Wildman–Crippen MR) is 73.2 cm³/mol. The smallest absolute Gasteiger partial charge is 0.0591 e. The Morgan fingerprint density at radius 3 is 2.81 bits per heavy atom.